The van der Waals surface area contributed by atoms with Crippen molar-refractivity contribution in [3.63, 3.8) is 0 Å². The van der Waals surface area contributed by atoms with Crippen molar-refractivity contribution in [2.75, 3.05) is 26.2 Å². The molecule has 6 N–H and O–H groups in total. The fourth-order valence-electron chi connectivity index (χ4n) is 2.95. The molecule has 2 rings (SSSR count). The molecule has 0 saturated carbocycles. The Morgan fingerprint density at radius 1 is 1.40 bits per heavy atom. The molecule has 2 atom stereocenters. The average molecular weight is 367 g/mol. The van der Waals surface area contributed by atoms with Gasteiger partial charge in [0.15, 0.2) is 0 Å². The molecule has 1 aromatic heterocycles. The lowest BCUT2D eigenvalue weighted by molar-refractivity contribution is -0.136. The first kappa shape index (κ1) is 19.2. The van der Waals surface area contributed by atoms with Gasteiger partial charge in [0.2, 0.25) is 11.8 Å². The number of urea groups is 1. The highest BCUT2D eigenvalue weighted by Crippen LogP contribution is 2.24. The van der Waals surface area contributed by atoms with Gasteiger partial charge in [-0.3, -0.25) is 9.59 Å². The molecular formula is C16H25N5O3S. The van der Waals surface area contributed by atoms with E-state index in [9.17, 15) is 14.4 Å². The number of hydrogen-bond donors (Lipinski definition) is 4. The van der Waals surface area contributed by atoms with Crippen molar-refractivity contribution in [1.29, 1.82) is 0 Å². The molecule has 1 fully saturated rings. The van der Waals surface area contributed by atoms with E-state index < -0.39 is 12.1 Å². The Morgan fingerprint density at radius 2 is 2.20 bits per heavy atom. The van der Waals surface area contributed by atoms with Gasteiger partial charge in [0.1, 0.15) is 0 Å². The van der Waals surface area contributed by atoms with E-state index in [0.29, 0.717) is 26.2 Å². The number of nitrogens with one attached hydrogen (secondary N) is 2. The summed E-state index contributed by atoms with van der Waals surface area (Å²) in [4.78, 5) is 38.6. The largest absolute Gasteiger partial charge is 0.355 e. The third-order valence-corrected chi connectivity index (χ3v) is 5.16. The van der Waals surface area contributed by atoms with Gasteiger partial charge in [-0.15, -0.1) is 11.3 Å². The first-order valence-corrected chi connectivity index (χ1v) is 9.24. The van der Waals surface area contributed by atoms with E-state index in [-0.39, 0.29) is 24.2 Å². The number of carbonyl (C=O) groups is 3. The molecule has 9 heteroatoms. The summed E-state index contributed by atoms with van der Waals surface area (Å²) in [6, 6.07) is 2.61. The van der Waals surface area contributed by atoms with E-state index in [2.05, 4.69) is 10.6 Å². The second-order valence-corrected chi connectivity index (χ2v) is 7.02. The van der Waals surface area contributed by atoms with Gasteiger partial charge in [0, 0.05) is 31.1 Å². The standard InChI is InChI=1S/C16H25N5O3S/c17-5-6-19-15(23)11-3-1-7-21(10-11)14(22)9-12(20-16(18)24)13-4-2-8-25-13/h2,4,8,11-12H,1,3,5-7,9-10,17H2,(H,19,23)(H3,18,20,24). The lowest BCUT2D eigenvalue weighted by Gasteiger charge is -2.33. The molecule has 0 bridgehead atoms. The normalized spacial score (nSPS) is 18.4. The number of rotatable bonds is 7. The highest BCUT2D eigenvalue weighted by atomic mass is 32.1. The molecule has 0 radical (unpaired) electrons. The zero-order valence-corrected chi connectivity index (χ0v) is 14.9. The van der Waals surface area contributed by atoms with Crippen molar-refractivity contribution in [2.24, 2.45) is 17.4 Å². The molecule has 1 aliphatic rings. The number of nitrogens with zero attached hydrogens (tertiary/aromatic N) is 1. The lowest BCUT2D eigenvalue weighted by atomic mass is 9.96. The van der Waals surface area contributed by atoms with Gasteiger partial charge in [-0.1, -0.05) is 6.07 Å². The summed E-state index contributed by atoms with van der Waals surface area (Å²) in [5, 5.41) is 7.28. The van der Waals surface area contributed by atoms with Crippen LogP contribution in [0.25, 0.3) is 0 Å². The minimum atomic E-state index is -0.663. The maximum absolute atomic E-state index is 12.7. The molecule has 8 nitrogen and oxygen atoms in total. The number of likely N-dealkylation sites (tertiary alicyclic amines) is 1. The first-order chi connectivity index (χ1) is 12.0. The number of piperidine rings is 1. The predicted octanol–water partition coefficient (Wildman–Crippen LogP) is 0.161. The molecule has 4 amide bonds. The molecule has 0 aromatic carbocycles. The van der Waals surface area contributed by atoms with Crippen LogP contribution in [0.15, 0.2) is 17.5 Å². The van der Waals surface area contributed by atoms with Crippen LogP contribution in [0.3, 0.4) is 0 Å². The Morgan fingerprint density at radius 3 is 2.84 bits per heavy atom. The van der Waals surface area contributed by atoms with Gasteiger partial charge in [0.25, 0.3) is 0 Å². The van der Waals surface area contributed by atoms with Gasteiger partial charge >= 0.3 is 6.03 Å². The molecule has 1 aliphatic heterocycles. The third kappa shape index (κ3) is 5.71. The maximum atomic E-state index is 12.7. The highest BCUT2D eigenvalue weighted by molar-refractivity contribution is 7.10. The van der Waals surface area contributed by atoms with Crippen molar-refractivity contribution >= 4 is 29.2 Å². The van der Waals surface area contributed by atoms with Crippen LogP contribution in [0, 0.1) is 5.92 Å². The number of amides is 4. The second kappa shape index (κ2) is 9.38. The van der Waals surface area contributed by atoms with Crippen LogP contribution in [0.5, 0.6) is 0 Å². The minimum absolute atomic E-state index is 0.0620. The smallest absolute Gasteiger partial charge is 0.312 e. The van der Waals surface area contributed by atoms with Crippen molar-refractivity contribution in [1.82, 2.24) is 15.5 Å². The molecule has 0 aliphatic carbocycles. The monoisotopic (exact) mass is 367 g/mol. The zero-order valence-electron chi connectivity index (χ0n) is 14.1. The molecule has 0 spiro atoms. The average Bonchev–Trinajstić information content (AvgIpc) is 3.13. The Balaban J connectivity index is 1.96. The SMILES string of the molecule is NCCNC(=O)C1CCCN(C(=O)CC(NC(N)=O)c2cccs2)C1. The summed E-state index contributed by atoms with van der Waals surface area (Å²) in [5.41, 5.74) is 10.6. The minimum Gasteiger partial charge on any atom is -0.355 e. The molecular weight excluding hydrogens is 342 g/mol. The van der Waals surface area contributed by atoms with Crippen molar-refractivity contribution in [2.45, 2.75) is 25.3 Å². The van der Waals surface area contributed by atoms with Gasteiger partial charge in [-0.25, -0.2) is 4.79 Å². The van der Waals surface area contributed by atoms with Crippen LogP contribution in [0.4, 0.5) is 4.79 Å². The topological polar surface area (TPSA) is 131 Å². The van der Waals surface area contributed by atoms with Gasteiger partial charge in [-0.2, -0.15) is 0 Å². The lowest BCUT2D eigenvalue weighted by Crippen LogP contribution is -2.47. The van der Waals surface area contributed by atoms with Crippen LogP contribution in [-0.4, -0.2) is 48.9 Å². The first-order valence-electron chi connectivity index (χ1n) is 8.36. The molecule has 138 valence electrons. The van der Waals surface area contributed by atoms with E-state index in [1.165, 1.54) is 11.3 Å². The van der Waals surface area contributed by atoms with E-state index >= 15 is 0 Å². The molecule has 1 saturated heterocycles. The Bertz CT molecular complexity index is 593. The van der Waals surface area contributed by atoms with Crippen LogP contribution in [0.1, 0.15) is 30.2 Å². The Hall–Kier alpha value is -2.13. The predicted molar refractivity (Wildman–Crippen MR) is 95.8 cm³/mol. The van der Waals surface area contributed by atoms with Crippen LogP contribution in [0.2, 0.25) is 0 Å². The van der Waals surface area contributed by atoms with Crippen LogP contribution < -0.4 is 22.1 Å². The van der Waals surface area contributed by atoms with Gasteiger partial charge in [-0.05, 0) is 24.3 Å². The van der Waals surface area contributed by atoms with E-state index in [0.717, 1.165) is 17.7 Å². The zero-order chi connectivity index (χ0) is 18.2. The Kier molecular flexibility index (Phi) is 7.20. The Labute approximate surface area is 150 Å². The summed E-state index contributed by atoms with van der Waals surface area (Å²) >= 11 is 1.46. The van der Waals surface area contributed by atoms with Crippen molar-refractivity contribution < 1.29 is 14.4 Å². The van der Waals surface area contributed by atoms with E-state index in [1.807, 2.05) is 17.5 Å². The molecule has 2 heterocycles. The fraction of sp³-hybridized carbons (Fsp3) is 0.562. The number of hydrogen-bond acceptors (Lipinski definition) is 5. The number of thiophene rings is 1. The number of primary amides is 1. The summed E-state index contributed by atoms with van der Waals surface area (Å²) in [5.74, 6) is -0.370. The van der Waals surface area contributed by atoms with E-state index in [4.69, 9.17) is 11.5 Å². The maximum Gasteiger partial charge on any atom is 0.312 e. The van der Waals surface area contributed by atoms with Crippen LogP contribution >= 0.6 is 11.3 Å². The molecule has 25 heavy (non-hydrogen) atoms. The number of nitrogens with two attached hydrogens (primary N) is 2. The highest BCUT2D eigenvalue weighted by Gasteiger charge is 2.30. The summed E-state index contributed by atoms with van der Waals surface area (Å²) in [6.45, 7) is 1.84. The summed E-state index contributed by atoms with van der Waals surface area (Å²) in [6.07, 6.45) is 1.66. The quantitative estimate of drug-likeness (QED) is 0.547. The third-order valence-electron chi connectivity index (χ3n) is 4.17. The van der Waals surface area contributed by atoms with Crippen molar-refractivity contribution in [3.05, 3.63) is 22.4 Å². The van der Waals surface area contributed by atoms with Gasteiger partial charge < -0.3 is 27.0 Å². The van der Waals surface area contributed by atoms with Gasteiger partial charge in [0.05, 0.1) is 18.4 Å². The molecule has 2 unspecified atom stereocenters. The van der Waals surface area contributed by atoms with Crippen LogP contribution in [-0.2, 0) is 9.59 Å². The second-order valence-electron chi connectivity index (χ2n) is 6.04. The fourth-order valence-corrected chi connectivity index (χ4v) is 3.72. The molecule has 1 aromatic rings. The summed E-state index contributed by atoms with van der Waals surface area (Å²) < 4.78 is 0. The summed E-state index contributed by atoms with van der Waals surface area (Å²) in [7, 11) is 0. The number of carbonyl (C=O) groups excluding carboxylic acids is 3. The van der Waals surface area contributed by atoms with Crippen molar-refractivity contribution in [3.8, 4) is 0 Å². The van der Waals surface area contributed by atoms with E-state index in [1.54, 1.807) is 4.90 Å².